The molecule has 0 aliphatic heterocycles. The van der Waals surface area contributed by atoms with E-state index in [9.17, 15) is 4.79 Å². The van der Waals surface area contributed by atoms with E-state index in [1.807, 2.05) is 0 Å². The minimum absolute atomic E-state index is 0.273. The Labute approximate surface area is 154 Å². The van der Waals surface area contributed by atoms with Crippen LogP contribution in [-0.2, 0) is 12.8 Å². The zero-order valence-electron chi connectivity index (χ0n) is 13.5. The second kappa shape index (κ2) is 6.61. The first-order valence-electron chi connectivity index (χ1n) is 8.25. The number of nitrogens with two attached hydrogens (primary N) is 1. The first-order chi connectivity index (χ1) is 12.1. The van der Waals surface area contributed by atoms with Crippen LogP contribution >= 0.6 is 22.9 Å². The molecular weight excluding hydrogens is 356 g/mol. The fourth-order valence-electron chi connectivity index (χ4n) is 3.13. The van der Waals surface area contributed by atoms with E-state index in [-0.39, 0.29) is 5.91 Å². The van der Waals surface area contributed by atoms with Crippen molar-refractivity contribution in [1.82, 2.24) is 9.97 Å². The number of aromatic nitrogens is 2. The van der Waals surface area contributed by atoms with Crippen LogP contribution in [0.4, 0.5) is 11.5 Å². The molecule has 3 N–H and O–H groups in total. The Morgan fingerprint density at radius 3 is 2.88 bits per heavy atom. The molecule has 5 nitrogen and oxygen atoms in total. The molecule has 1 aliphatic carbocycles. The molecule has 3 aromatic rings. The van der Waals surface area contributed by atoms with Gasteiger partial charge in [-0.15, -0.1) is 11.3 Å². The van der Waals surface area contributed by atoms with Crippen LogP contribution in [0.15, 0.2) is 24.4 Å². The molecule has 3 aromatic heterocycles. The number of thiophene rings is 1. The summed E-state index contributed by atoms with van der Waals surface area (Å²) in [5, 5.41) is 4.15. The molecule has 0 aromatic carbocycles. The molecule has 25 heavy (non-hydrogen) atoms. The van der Waals surface area contributed by atoms with Crippen molar-refractivity contribution in [3.63, 3.8) is 0 Å². The highest BCUT2D eigenvalue weighted by Gasteiger charge is 2.20. The maximum absolute atomic E-state index is 12.6. The molecule has 3 heterocycles. The Morgan fingerprint density at radius 1 is 1.24 bits per heavy atom. The van der Waals surface area contributed by atoms with E-state index in [0.29, 0.717) is 21.4 Å². The van der Waals surface area contributed by atoms with Gasteiger partial charge in [-0.1, -0.05) is 18.0 Å². The van der Waals surface area contributed by atoms with Crippen molar-refractivity contribution in [2.24, 2.45) is 0 Å². The van der Waals surface area contributed by atoms with E-state index in [0.717, 1.165) is 28.8 Å². The van der Waals surface area contributed by atoms with Crippen LogP contribution in [0.3, 0.4) is 0 Å². The number of anilines is 2. The molecule has 0 bridgehead atoms. The van der Waals surface area contributed by atoms with Crippen LogP contribution in [-0.4, -0.2) is 15.9 Å². The van der Waals surface area contributed by atoms with Crippen molar-refractivity contribution in [1.29, 1.82) is 0 Å². The van der Waals surface area contributed by atoms with Gasteiger partial charge in [0.15, 0.2) is 0 Å². The predicted molar refractivity (Wildman–Crippen MR) is 102 cm³/mol. The van der Waals surface area contributed by atoms with Gasteiger partial charge in [-0.3, -0.25) is 4.79 Å². The Kier molecular flexibility index (Phi) is 4.31. The molecule has 1 amide bonds. The highest BCUT2D eigenvalue weighted by molar-refractivity contribution is 7.21. The molecule has 0 saturated carbocycles. The summed E-state index contributed by atoms with van der Waals surface area (Å²) in [5.41, 5.74) is 9.16. The first-order valence-corrected chi connectivity index (χ1v) is 9.45. The number of rotatable bonds is 2. The van der Waals surface area contributed by atoms with E-state index in [2.05, 4.69) is 16.4 Å². The summed E-state index contributed by atoms with van der Waals surface area (Å²) in [6, 6.07) is 5.45. The molecule has 128 valence electrons. The number of hydrogen-bond acceptors (Lipinski definition) is 5. The van der Waals surface area contributed by atoms with Crippen molar-refractivity contribution >= 4 is 50.6 Å². The quantitative estimate of drug-likeness (QED) is 0.651. The average Bonchev–Trinajstić information content (AvgIpc) is 2.78. The van der Waals surface area contributed by atoms with Crippen molar-refractivity contribution in [2.45, 2.75) is 32.1 Å². The Bertz CT molecular complexity index is 952. The maximum atomic E-state index is 12.6. The van der Waals surface area contributed by atoms with Crippen LogP contribution in [0.5, 0.6) is 0 Å². The van der Waals surface area contributed by atoms with E-state index < -0.39 is 0 Å². The minimum Gasteiger partial charge on any atom is -0.397 e. The average molecular weight is 373 g/mol. The van der Waals surface area contributed by atoms with Gasteiger partial charge in [-0.05, 0) is 49.4 Å². The first kappa shape index (κ1) is 16.3. The van der Waals surface area contributed by atoms with Crippen LogP contribution in [0, 0.1) is 0 Å². The number of halogens is 1. The summed E-state index contributed by atoms with van der Waals surface area (Å²) in [4.78, 5) is 22.8. The predicted octanol–water partition coefficient (Wildman–Crippen LogP) is 4.45. The summed E-state index contributed by atoms with van der Waals surface area (Å²) in [7, 11) is 0. The molecule has 7 heteroatoms. The molecule has 0 atom stereocenters. The topological polar surface area (TPSA) is 80.9 Å². The van der Waals surface area contributed by atoms with Gasteiger partial charge in [0.2, 0.25) is 0 Å². The van der Waals surface area contributed by atoms with Crippen molar-refractivity contribution in [2.75, 3.05) is 11.1 Å². The van der Waals surface area contributed by atoms with Gasteiger partial charge in [-0.25, -0.2) is 9.97 Å². The second-order valence-electron chi connectivity index (χ2n) is 6.17. The van der Waals surface area contributed by atoms with E-state index in [1.165, 1.54) is 42.4 Å². The normalized spacial score (nSPS) is 14.1. The molecule has 1 aliphatic rings. The van der Waals surface area contributed by atoms with Crippen LogP contribution < -0.4 is 11.1 Å². The number of carbonyl (C=O) groups excluding carboxylic acids is 1. The van der Waals surface area contributed by atoms with Crippen LogP contribution in [0.2, 0.25) is 5.02 Å². The third-order valence-corrected chi connectivity index (χ3v) is 5.76. The summed E-state index contributed by atoms with van der Waals surface area (Å²) in [5.74, 6) is 0.167. The molecule has 0 fully saturated rings. The van der Waals surface area contributed by atoms with E-state index >= 15 is 0 Å². The van der Waals surface area contributed by atoms with Crippen LogP contribution in [0.1, 0.15) is 40.2 Å². The summed E-state index contributed by atoms with van der Waals surface area (Å²) < 4.78 is 0. The summed E-state index contributed by atoms with van der Waals surface area (Å²) in [6.07, 6.45) is 7.11. The highest BCUT2D eigenvalue weighted by Crippen LogP contribution is 2.35. The number of amides is 1. The van der Waals surface area contributed by atoms with Gasteiger partial charge in [0.1, 0.15) is 15.5 Å². The number of pyridine rings is 2. The van der Waals surface area contributed by atoms with Gasteiger partial charge in [-0.2, -0.15) is 0 Å². The second-order valence-corrected chi connectivity index (χ2v) is 7.60. The number of aryl methyl sites for hydroxylation is 2. The number of nitrogens with one attached hydrogen (secondary N) is 1. The van der Waals surface area contributed by atoms with Gasteiger partial charge in [0.25, 0.3) is 5.91 Å². The van der Waals surface area contributed by atoms with E-state index in [4.69, 9.17) is 22.3 Å². The lowest BCUT2D eigenvalue weighted by molar-refractivity contribution is 0.103. The lowest BCUT2D eigenvalue weighted by atomic mass is 10.1. The molecule has 0 saturated heterocycles. The van der Waals surface area contributed by atoms with Crippen LogP contribution in [0.25, 0.3) is 10.2 Å². The minimum atomic E-state index is -0.273. The van der Waals surface area contributed by atoms with E-state index in [1.54, 1.807) is 12.1 Å². The SMILES string of the molecule is Nc1c(C(=O)Nc2ccc(Cl)cn2)sc2nc3c(cc12)CCCCC3. The Balaban J connectivity index is 1.68. The van der Waals surface area contributed by atoms with Gasteiger partial charge in [0, 0.05) is 17.3 Å². The fourth-order valence-corrected chi connectivity index (χ4v) is 4.23. The number of fused-ring (bicyclic) bond motifs is 2. The van der Waals surface area contributed by atoms with Gasteiger partial charge < -0.3 is 11.1 Å². The molecule has 0 radical (unpaired) electrons. The number of nitrogens with zero attached hydrogens (tertiary/aromatic N) is 2. The fraction of sp³-hybridized carbons (Fsp3) is 0.278. The number of hydrogen-bond donors (Lipinski definition) is 2. The smallest absolute Gasteiger partial charge is 0.269 e. The molecule has 0 unspecified atom stereocenters. The summed E-state index contributed by atoms with van der Waals surface area (Å²) in [6.45, 7) is 0. The van der Waals surface area contributed by atoms with Gasteiger partial charge >= 0.3 is 0 Å². The molecule has 4 rings (SSSR count). The maximum Gasteiger partial charge on any atom is 0.269 e. The zero-order chi connectivity index (χ0) is 17.4. The lowest BCUT2D eigenvalue weighted by Gasteiger charge is -2.05. The van der Waals surface area contributed by atoms with Gasteiger partial charge in [0.05, 0.1) is 10.7 Å². The monoisotopic (exact) mass is 372 g/mol. The third kappa shape index (κ3) is 3.19. The van der Waals surface area contributed by atoms with Crippen molar-refractivity contribution < 1.29 is 4.79 Å². The standard InChI is InChI=1S/C18H17ClN4OS/c19-11-6-7-14(21-9-11)23-17(24)16-15(20)12-8-10-4-2-1-3-5-13(10)22-18(12)25-16/h6-9H,1-5,20H2,(H,21,23,24). The third-order valence-electron chi connectivity index (χ3n) is 4.42. The Hall–Kier alpha value is -2.18. The Morgan fingerprint density at radius 2 is 2.08 bits per heavy atom. The highest BCUT2D eigenvalue weighted by atomic mass is 35.5. The number of nitrogen functional groups attached to an aromatic ring is 1. The molecule has 0 spiro atoms. The van der Waals surface area contributed by atoms with Crippen molar-refractivity contribution in [3.05, 3.63) is 45.6 Å². The largest absolute Gasteiger partial charge is 0.397 e. The number of carbonyl (C=O) groups is 1. The van der Waals surface area contributed by atoms with Crippen molar-refractivity contribution in [3.8, 4) is 0 Å². The lowest BCUT2D eigenvalue weighted by Crippen LogP contribution is -2.12. The summed E-state index contributed by atoms with van der Waals surface area (Å²) >= 11 is 7.15. The molecular formula is C18H17ClN4OS. The zero-order valence-corrected chi connectivity index (χ0v) is 15.1.